The van der Waals surface area contributed by atoms with Crippen LogP contribution in [0.2, 0.25) is 0 Å². The zero-order valence-corrected chi connectivity index (χ0v) is 7.12. The van der Waals surface area contributed by atoms with Crippen LogP contribution in [0.1, 0.15) is 11.1 Å². The summed E-state index contributed by atoms with van der Waals surface area (Å²) in [6, 6.07) is 2.43. The smallest absolute Gasteiger partial charge is 0.159 e. The number of hydrogen-bond donors (Lipinski definition) is 1. The van der Waals surface area contributed by atoms with Gasteiger partial charge in [-0.15, -0.1) is 0 Å². The number of aryl methyl sites for hydroxylation is 1. The number of halogens is 2. The van der Waals surface area contributed by atoms with Gasteiger partial charge in [-0.25, -0.2) is 8.78 Å². The van der Waals surface area contributed by atoms with E-state index in [4.69, 9.17) is 0 Å². The quantitative estimate of drug-likeness (QED) is 0.717. The van der Waals surface area contributed by atoms with E-state index in [1.54, 1.807) is 14.0 Å². The second-order valence-electron chi connectivity index (χ2n) is 2.72. The molecule has 0 amide bonds. The zero-order valence-electron chi connectivity index (χ0n) is 7.12. The lowest BCUT2D eigenvalue weighted by Crippen LogP contribution is -2.07. The van der Waals surface area contributed by atoms with Gasteiger partial charge >= 0.3 is 0 Å². The first-order chi connectivity index (χ1) is 5.65. The molecule has 0 saturated carbocycles. The van der Waals surface area contributed by atoms with Crippen molar-refractivity contribution in [2.24, 2.45) is 0 Å². The molecule has 0 atom stereocenters. The molecule has 0 heterocycles. The number of hydrogen-bond acceptors (Lipinski definition) is 1. The van der Waals surface area contributed by atoms with Gasteiger partial charge in [0.05, 0.1) is 0 Å². The Bertz CT molecular complexity index is 284. The van der Waals surface area contributed by atoms with E-state index >= 15 is 0 Å². The van der Waals surface area contributed by atoms with Crippen molar-refractivity contribution in [3.8, 4) is 0 Å². The topological polar surface area (TPSA) is 12.0 Å². The molecule has 1 aromatic carbocycles. The molecule has 0 saturated heterocycles. The van der Waals surface area contributed by atoms with Crippen LogP contribution in [0.25, 0.3) is 0 Å². The van der Waals surface area contributed by atoms with Gasteiger partial charge in [0.2, 0.25) is 0 Å². The number of rotatable bonds is 2. The minimum atomic E-state index is -0.786. The highest BCUT2D eigenvalue weighted by Crippen LogP contribution is 2.13. The summed E-state index contributed by atoms with van der Waals surface area (Å²) in [5, 5.41) is 2.88. The Kier molecular flexibility index (Phi) is 2.76. The molecule has 0 radical (unpaired) electrons. The van der Waals surface area contributed by atoms with Crippen molar-refractivity contribution in [2.75, 3.05) is 7.05 Å². The first-order valence-corrected chi connectivity index (χ1v) is 3.74. The van der Waals surface area contributed by atoms with Crippen molar-refractivity contribution in [1.29, 1.82) is 0 Å². The molecule has 1 aromatic rings. The summed E-state index contributed by atoms with van der Waals surface area (Å²) in [5.74, 6) is -1.57. The molecule has 3 heteroatoms. The van der Waals surface area contributed by atoms with Gasteiger partial charge in [-0.05, 0) is 37.2 Å². The minimum absolute atomic E-state index is 0.559. The van der Waals surface area contributed by atoms with Crippen LogP contribution in [0, 0.1) is 18.6 Å². The Hall–Kier alpha value is -0.960. The standard InChI is InChI=1S/C9H11F2N/c1-6-3-8(10)9(11)4-7(6)5-12-2/h3-4,12H,5H2,1-2H3. The predicted molar refractivity (Wildman–Crippen MR) is 43.9 cm³/mol. The largest absolute Gasteiger partial charge is 0.316 e. The van der Waals surface area contributed by atoms with Crippen molar-refractivity contribution in [3.63, 3.8) is 0 Å². The molecule has 0 unspecified atom stereocenters. The third-order valence-electron chi connectivity index (χ3n) is 1.75. The molecule has 0 aliphatic heterocycles. The fraction of sp³-hybridized carbons (Fsp3) is 0.333. The maximum Gasteiger partial charge on any atom is 0.159 e. The van der Waals surface area contributed by atoms with E-state index in [0.29, 0.717) is 6.54 Å². The highest BCUT2D eigenvalue weighted by Gasteiger charge is 2.05. The van der Waals surface area contributed by atoms with Crippen LogP contribution in [-0.4, -0.2) is 7.05 Å². The van der Waals surface area contributed by atoms with Crippen LogP contribution >= 0.6 is 0 Å². The van der Waals surface area contributed by atoms with E-state index in [-0.39, 0.29) is 0 Å². The van der Waals surface area contributed by atoms with E-state index in [1.807, 2.05) is 0 Å². The lowest BCUT2D eigenvalue weighted by Gasteiger charge is -2.05. The molecule has 0 aliphatic carbocycles. The van der Waals surface area contributed by atoms with Crippen molar-refractivity contribution in [3.05, 3.63) is 34.9 Å². The van der Waals surface area contributed by atoms with Gasteiger partial charge in [0.25, 0.3) is 0 Å². The summed E-state index contributed by atoms with van der Waals surface area (Å²) in [4.78, 5) is 0. The summed E-state index contributed by atoms with van der Waals surface area (Å²) >= 11 is 0. The van der Waals surface area contributed by atoms with Gasteiger partial charge in [-0.3, -0.25) is 0 Å². The number of nitrogens with one attached hydrogen (secondary N) is 1. The van der Waals surface area contributed by atoms with Gasteiger partial charge in [0.15, 0.2) is 11.6 Å². The molecule has 0 aromatic heterocycles. The maximum absolute atomic E-state index is 12.7. The normalized spacial score (nSPS) is 10.3. The third kappa shape index (κ3) is 1.80. The van der Waals surface area contributed by atoms with Crippen LogP contribution in [0.4, 0.5) is 8.78 Å². The second kappa shape index (κ2) is 3.63. The van der Waals surface area contributed by atoms with Crippen LogP contribution < -0.4 is 5.32 Å². The average Bonchev–Trinajstić information content (AvgIpc) is 2.01. The molecular formula is C9H11F2N. The first kappa shape index (κ1) is 9.13. The highest BCUT2D eigenvalue weighted by atomic mass is 19.2. The van der Waals surface area contributed by atoms with Gasteiger partial charge in [0, 0.05) is 6.54 Å². The fourth-order valence-electron chi connectivity index (χ4n) is 1.07. The van der Waals surface area contributed by atoms with Gasteiger partial charge in [-0.2, -0.15) is 0 Å². The van der Waals surface area contributed by atoms with Crippen molar-refractivity contribution >= 4 is 0 Å². The van der Waals surface area contributed by atoms with Crippen molar-refractivity contribution in [2.45, 2.75) is 13.5 Å². The molecule has 0 aliphatic rings. The first-order valence-electron chi connectivity index (χ1n) is 3.74. The van der Waals surface area contributed by atoms with E-state index in [9.17, 15) is 8.78 Å². The van der Waals surface area contributed by atoms with Crippen LogP contribution in [0.3, 0.4) is 0 Å². The molecule has 1 rings (SSSR count). The molecule has 0 fully saturated rings. The Labute approximate surface area is 70.4 Å². The minimum Gasteiger partial charge on any atom is -0.316 e. The van der Waals surface area contributed by atoms with E-state index in [0.717, 1.165) is 11.1 Å². The molecule has 0 spiro atoms. The summed E-state index contributed by atoms with van der Waals surface area (Å²) in [6.07, 6.45) is 0. The Morgan fingerprint density at radius 2 is 1.83 bits per heavy atom. The van der Waals surface area contributed by atoms with E-state index < -0.39 is 11.6 Å². The summed E-state index contributed by atoms with van der Waals surface area (Å²) in [6.45, 7) is 2.32. The Morgan fingerprint density at radius 1 is 1.25 bits per heavy atom. The van der Waals surface area contributed by atoms with Crippen LogP contribution in [-0.2, 0) is 6.54 Å². The SMILES string of the molecule is CNCc1cc(F)c(F)cc1C. The molecular weight excluding hydrogens is 160 g/mol. The summed E-state index contributed by atoms with van der Waals surface area (Å²) < 4.78 is 25.3. The molecule has 1 nitrogen and oxygen atoms in total. The van der Waals surface area contributed by atoms with E-state index in [2.05, 4.69) is 5.32 Å². The highest BCUT2D eigenvalue weighted by molar-refractivity contribution is 5.27. The summed E-state index contributed by atoms with van der Waals surface area (Å²) in [7, 11) is 1.76. The van der Waals surface area contributed by atoms with Crippen molar-refractivity contribution in [1.82, 2.24) is 5.32 Å². The maximum atomic E-state index is 12.7. The van der Waals surface area contributed by atoms with E-state index in [1.165, 1.54) is 12.1 Å². The van der Waals surface area contributed by atoms with Crippen LogP contribution in [0.15, 0.2) is 12.1 Å². The molecule has 66 valence electrons. The molecule has 0 bridgehead atoms. The lowest BCUT2D eigenvalue weighted by atomic mass is 10.1. The zero-order chi connectivity index (χ0) is 9.14. The summed E-state index contributed by atoms with van der Waals surface area (Å²) in [5.41, 5.74) is 1.56. The number of benzene rings is 1. The van der Waals surface area contributed by atoms with Gasteiger partial charge in [0.1, 0.15) is 0 Å². The fourth-order valence-corrected chi connectivity index (χ4v) is 1.07. The molecule has 12 heavy (non-hydrogen) atoms. The van der Waals surface area contributed by atoms with Crippen LogP contribution in [0.5, 0.6) is 0 Å². The van der Waals surface area contributed by atoms with Gasteiger partial charge < -0.3 is 5.32 Å². The predicted octanol–water partition coefficient (Wildman–Crippen LogP) is 1.99. The third-order valence-corrected chi connectivity index (χ3v) is 1.75. The Morgan fingerprint density at radius 3 is 2.42 bits per heavy atom. The monoisotopic (exact) mass is 171 g/mol. The molecule has 1 N–H and O–H groups in total. The lowest BCUT2D eigenvalue weighted by molar-refractivity contribution is 0.505. The van der Waals surface area contributed by atoms with Crippen molar-refractivity contribution < 1.29 is 8.78 Å². The van der Waals surface area contributed by atoms with Gasteiger partial charge in [-0.1, -0.05) is 0 Å². The Balaban J connectivity index is 3.05. The second-order valence-corrected chi connectivity index (χ2v) is 2.72. The average molecular weight is 171 g/mol.